The molecule has 88 valence electrons. The predicted molar refractivity (Wildman–Crippen MR) is 77.9 cm³/mol. The fourth-order valence-electron chi connectivity index (χ4n) is 3.32. The topological polar surface area (TPSA) is 26.0 Å². The highest BCUT2D eigenvalue weighted by Crippen LogP contribution is 2.37. The van der Waals surface area contributed by atoms with Crippen molar-refractivity contribution in [3.8, 4) is 0 Å². The van der Waals surface area contributed by atoms with Gasteiger partial charge in [-0.25, -0.2) is 0 Å². The van der Waals surface area contributed by atoms with Gasteiger partial charge in [0.25, 0.3) is 0 Å². The fourth-order valence-corrected chi connectivity index (χ4v) is 3.32. The number of anilines is 1. The maximum absolute atomic E-state index is 6.23. The van der Waals surface area contributed by atoms with Crippen LogP contribution in [0.5, 0.6) is 0 Å². The monoisotopic (exact) mass is 233 g/mol. The molecule has 2 N–H and O–H groups in total. The van der Waals surface area contributed by atoms with E-state index in [1.54, 1.807) is 0 Å². The summed E-state index contributed by atoms with van der Waals surface area (Å²) >= 11 is 0. The first-order valence-electron chi connectivity index (χ1n) is 6.56. The standard InChI is InChI=1S/C17H15N/c18-17-10-16-12-5-2-1-4-11(12)8-9-14(16)13-6-3-7-15(13)17/h1-2,4-5,8-10H,3,6-7,18H2. The zero-order chi connectivity index (χ0) is 12.1. The Morgan fingerprint density at radius 3 is 2.56 bits per heavy atom. The summed E-state index contributed by atoms with van der Waals surface area (Å²) in [7, 11) is 0. The van der Waals surface area contributed by atoms with E-state index in [0.29, 0.717) is 0 Å². The lowest BCUT2D eigenvalue weighted by Crippen LogP contribution is -1.95. The van der Waals surface area contributed by atoms with E-state index in [9.17, 15) is 0 Å². The maximum Gasteiger partial charge on any atom is 0.0356 e. The molecule has 0 fully saturated rings. The van der Waals surface area contributed by atoms with Crippen LogP contribution in [0.2, 0.25) is 0 Å². The van der Waals surface area contributed by atoms with Gasteiger partial charge in [-0.1, -0.05) is 36.4 Å². The number of nitrogen functional groups attached to an aromatic ring is 1. The van der Waals surface area contributed by atoms with Crippen molar-refractivity contribution in [3.05, 3.63) is 53.6 Å². The molecule has 1 aliphatic rings. The van der Waals surface area contributed by atoms with Crippen molar-refractivity contribution in [3.63, 3.8) is 0 Å². The van der Waals surface area contributed by atoms with Crippen molar-refractivity contribution in [2.45, 2.75) is 19.3 Å². The molecule has 0 bridgehead atoms. The van der Waals surface area contributed by atoms with Gasteiger partial charge in [0.05, 0.1) is 0 Å². The summed E-state index contributed by atoms with van der Waals surface area (Å²) in [4.78, 5) is 0. The minimum atomic E-state index is 0.978. The fraction of sp³-hybridized carbons (Fsp3) is 0.176. The van der Waals surface area contributed by atoms with Crippen molar-refractivity contribution in [2.24, 2.45) is 0 Å². The molecule has 4 rings (SSSR count). The second kappa shape index (κ2) is 3.49. The normalized spacial score (nSPS) is 14.2. The van der Waals surface area contributed by atoms with E-state index in [1.165, 1.54) is 45.5 Å². The van der Waals surface area contributed by atoms with Crippen LogP contribution in [0, 0.1) is 0 Å². The summed E-state index contributed by atoms with van der Waals surface area (Å²) in [5, 5.41) is 5.32. The SMILES string of the molecule is Nc1cc2c(ccc3ccccc32)c2c1CCC2. The van der Waals surface area contributed by atoms with E-state index in [-0.39, 0.29) is 0 Å². The Bertz CT molecular complexity index is 771. The Labute approximate surface area is 106 Å². The molecule has 0 saturated heterocycles. The number of benzene rings is 3. The first-order valence-corrected chi connectivity index (χ1v) is 6.56. The van der Waals surface area contributed by atoms with Crippen LogP contribution in [0.1, 0.15) is 17.5 Å². The highest BCUT2D eigenvalue weighted by atomic mass is 14.6. The summed E-state index contributed by atoms with van der Waals surface area (Å²) in [6.45, 7) is 0. The quantitative estimate of drug-likeness (QED) is 0.460. The highest BCUT2D eigenvalue weighted by Gasteiger charge is 2.17. The van der Waals surface area contributed by atoms with Gasteiger partial charge in [0.15, 0.2) is 0 Å². The second-order valence-electron chi connectivity index (χ2n) is 5.16. The molecule has 1 nitrogen and oxygen atoms in total. The Balaban J connectivity index is 2.24. The average molecular weight is 233 g/mol. The molecule has 0 amide bonds. The summed E-state index contributed by atoms with van der Waals surface area (Å²) in [6.07, 6.45) is 3.56. The molecule has 0 unspecified atom stereocenters. The molecule has 0 saturated carbocycles. The molecule has 0 aromatic heterocycles. The molecular formula is C17H15N. The van der Waals surface area contributed by atoms with Crippen LogP contribution in [-0.4, -0.2) is 0 Å². The van der Waals surface area contributed by atoms with Gasteiger partial charge in [-0.2, -0.15) is 0 Å². The molecular weight excluding hydrogens is 218 g/mol. The number of rotatable bonds is 0. The van der Waals surface area contributed by atoms with Crippen molar-refractivity contribution >= 4 is 27.2 Å². The number of fused-ring (bicyclic) bond motifs is 5. The zero-order valence-electron chi connectivity index (χ0n) is 10.2. The van der Waals surface area contributed by atoms with E-state index in [2.05, 4.69) is 42.5 Å². The minimum Gasteiger partial charge on any atom is -0.398 e. The summed E-state index contributed by atoms with van der Waals surface area (Å²) in [6, 6.07) is 15.2. The maximum atomic E-state index is 6.23. The van der Waals surface area contributed by atoms with Crippen LogP contribution in [-0.2, 0) is 12.8 Å². The summed E-state index contributed by atoms with van der Waals surface area (Å²) in [5.41, 5.74) is 10.1. The lowest BCUT2D eigenvalue weighted by molar-refractivity contribution is 0.914. The Kier molecular flexibility index (Phi) is 1.93. The van der Waals surface area contributed by atoms with Crippen LogP contribution in [0.25, 0.3) is 21.5 Å². The summed E-state index contributed by atoms with van der Waals surface area (Å²) in [5.74, 6) is 0. The third-order valence-electron chi connectivity index (χ3n) is 4.16. The van der Waals surface area contributed by atoms with Gasteiger partial charge in [0.2, 0.25) is 0 Å². The molecule has 1 heteroatoms. The number of hydrogen-bond donors (Lipinski definition) is 1. The molecule has 0 radical (unpaired) electrons. The Morgan fingerprint density at radius 1 is 0.778 bits per heavy atom. The summed E-state index contributed by atoms with van der Waals surface area (Å²) < 4.78 is 0. The van der Waals surface area contributed by atoms with Crippen molar-refractivity contribution in [1.29, 1.82) is 0 Å². The third kappa shape index (κ3) is 1.22. The second-order valence-corrected chi connectivity index (χ2v) is 5.16. The van der Waals surface area contributed by atoms with Crippen LogP contribution in [0.15, 0.2) is 42.5 Å². The Hall–Kier alpha value is -2.02. The predicted octanol–water partition coefficient (Wildman–Crippen LogP) is 4.06. The zero-order valence-corrected chi connectivity index (χ0v) is 10.2. The first-order chi connectivity index (χ1) is 8.84. The van der Waals surface area contributed by atoms with Crippen molar-refractivity contribution < 1.29 is 0 Å². The smallest absolute Gasteiger partial charge is 0.0356 e. The van der Waals surface area contributed by atoms with E-state index in [4.69, 9.17) is 5.73 Å². The van der Waals surface area contributed by atoms with Gasteiger partial charge < -0.3 is 5.73 Å². The van der Waals surface area contributed by atoms with E-state index in [0.717, 1.165) is 12.1 Å². The molecule has 3 aromatic carbocycles. The van der Waals surface area contributed by atoms with E-state index < -0.39 is 0 Å². The number of nitrogens with two attached hydrogens (primary N) is 1. The number of aryl methyl sites for hydroxylation is 1. The molecule has 0 atom stereocenters. The van der Waals surface area contributed by atoms with Gasteiger partial charge >= 0.3 is 0 Å². The van der Waals surface area contributed by atoms with Gasteiger partial charge in [-0.3, -0.25) is 0 Å². The van der Waals surface area contributed by atoms with Crippen molar-refractivity contribution in [1.82, 2.24) is 0 Å². The van der Waals surface area contributed by atoms with Crippen molar-refractivity contribution in [2.75, 3.05) is 5.73 Å². The van der Waals surface area contributed by atoms with Crippen LogP contribution >= 0.6 is 0 Å². The lowest BCUT2D eigenvalue weighted by Gasteiger charge is -2.11. The molecule has 1 aliphatic carbocycles. The largest absolute Gasteiger partial charge is 0.398 e. The highest BCUT2D eigenvalue weighted by molar-refractivity contribution is 6.10. The molecule has 18 heavy (non-hydrogen) atoms. The Morgan fingerprint density at radius 2 is 1.61 bits per heavy atom. The van der Waals surface area contributed by atoms with Gasteiger partial charge in [0.1, 0.15) is 0 Å². The lowest BCUT2D eigenvalue weighted by atomic mass is 9.95. The molecule has 3 aromatic rings. The number of hydrogen-bond acceptors (Lipinski definition) is 1. The molecule has 0 spiro atoms. The van der Waals surface area contributed by atoms with E-state index >= 15 is 0 Å². The van der Waals surface area contributed by atoms with Gasteiger partial charge in [-0.15, -0.1) is 0 Å². The van der Waals surface area contributed by atoms with Gasteiger partial charge in [0, 0.05) is 5.69 Å². The van der Waals surface area contributed by atoms with Crippen LogP contribution in [0.4, 0.5) is 5.69 Å². The molecule has 0 heterocycles. The average Bonchev–Trinajstić information content (AvgIpc) is 2.89. The minimum absolute atomic E-state index is 0.978. The van der Waals surface area contributed by atoms with Gasteiger partial charge in [-0.05, 0) is 58.0 Å². The first kappa shape index (κ1) is 9.95. The van der Waals surface area contributed by atoms with Crippen LogP contribution in [0.3, 0.4) is 0 Å². The van der Waals surface area contributed by atoms with E-state index in [1.807, 2.05) is 0 Å². The van der Waals surface area contributed by atoms with Crippen LogP contribution < -0.4 is 5.73 Å². The third-order valence-corrected chi connectivity index (χ3v) is 4.16. The molecule has 0 aliphatic heterocycles.